The molecule has 0 aromatic heterocycles. The zero-order valence-electron chi connectivity index (χ0n) is 10.4. The van der Waals surface area contributed by atoms with Crippen LogP contribution in [-0.4, -0.2) is 5.91 Å². The molecular formula is C15H13BrFNO. The van der Waals surface area contributed by atoms with Crippen LogP contribution in [0.1, 0.15) is 22.8 Å². The second-order valence-corrected chi connectivity index (χ2v) is 4.96. The number of carbonyl (C=O) groups excluding carboxylic acids is 1. The summed E-state index contributed by atoms with van der Waals surface area (Å²) in [6.45, 7) is 2.06. The van der Waals surface area contributed by atoms with Crippen LogP contribution in [0.25, 0.3) is 0 Å². The maximum absolute atomic E-state index is 13.8. The van der Waals surface area contributed by atoms with E-state index in [4.69, 9.17) is 0 Å². The van der Waals surface area contributed by atoms with Gasteiger partial charge in [-0.2, -0.15) is 0 Å². The van der Waals surface area contributed by atoms with E-state index in [1.165, 1.54) is 11.6 Å². The first-order chi connectivity index (χ1) is 9.11. The second kappa shape index (κ2) is 5.97. The summed E-state index contributed by atoms with van der Waals surface area (Å²) in [5, 5.41) is 2.68. The van der Waals surface area contributed by atoms with Crippen LogP contribution in [0.3, 0.4) is 0 Å². The van der Waals surface area contributed by atoms with E-state index in [2.05, 4.69) is 28.2 Å². The third-order valence-electron chi connectivity index (χ3n) is 2.82. The lowest BCUT2D eigenvalue weighted by atomic mass is 10.1. The normalized spacial score (nSPS) is 10.3. The van der Waals surface area contributed by atoms with Gasteiger partial charge in [0.1, 0.15) is 5.82 Å². The topological polar surface area (TPSA) is 29.1 Å². The quantitative estimate of drug-likeness (QED) is 0.891. The van der Waals surface area contributed by atoms with Crippen molar-refractivity contribution in [2.45, 2.75) is 13.3 Å². The third kappa shape index (κ3) is 3.20. The number of benzene rings is 2. The Hall–Kier alpha value is -1.68. The molecular weight excluding hydrogens is 309 g/mol. The van der Waals surface area contributed by atoms with E-state index >= 15 is 0 Å². The van der Waals surface area contributed by atoms with Crippen molar-refractivity contribution < 1.29 is 9.18 Å². The minimum absolute atomic E-state index is 0.0222. The van der Waals surface area contributed by atoms with Gasteiger partial charge in [0.2, 0.25) is 0 Å². The second-order valence-electron chi connectivity index (χ2n) is 4.11. The molecule has 2 nitrogen and oxygen atoms in total. The molecule has 0 atom stereocenters. The fourth-order valence-electron chi connectivity index (χ4n) is 1.70. The first-order valence-electron chi connectivity index (χ1n) is 5.96. The largest absolute Gasteiger partial charge is 0.322 e. The number of anilines is 1. The fraction of sp³-hybridized carbons (Fsp3) is 0.133. The van der Waals surface area contributed by atoms with Gasteiger partial charge in [0.15, 0.2) is 0 Å². The van der Waals surface area contributed by atoms with E-state index in [-0.39, 0.29) is 10.0 Å². The molecule has 0 heterocycles. The molecule has 0 aliphatic rings. The van der Waals surface area contributed by atoms with Gasteiger partial charge in [-0.1, -0.05) is 25.1 Å². The first kappa shape index (κ1) is 13.7. The van der Waals surface area contributed by atoms with Gasteiger partial charge in [-0.25, -0.2) is 4.39 Å². The fourth-order valence-corrected chi connectivity index (χ4v) is 2.07. The van der Waals surface area contributed by atoms with Crippen molar-refractivity contribution in [2.24, 2.45) is 0 Å². The highest BCUT2D eigenvalue weighted by Crippen LogP contribution is 2.20. The summed E-state index contributed by atoms with van der Waals surface area (Å²) in [7, 11) is 0. The molecule has 4 heteroatoms. The lowest BCUT2D eigenvalue weighted by Crippen LogP contribution is -2.13. The molecule has 1 amide bonds. The van der Waals surface area contributed by atoms with Crippen LogP contribution >= 0.6 is 15.9 Å². The minimum atomic E-state index is -0.551. The molecule has 0 saturated heterocycles. The number of hydrogen-bond acceptors (Lipinski definition) is 1. The van der Waals surface area contributed by atoms with Gasteiger partial charge in [-0.05, 0) is 52.2 Å². The van der Waals surface area contributed by atoms with Crippen molar-refractivity contribution in [3.05, 3.63) is 63.9 Å². The molecule has 0 aliphatic carbocycles. The Morgan fingerprint density at radius 1 is 1.21 bits per heavy atom. The van der Waals surface area contributed by atoms with Crippen LogP contribution in [0.2, 0.25) is 0 Å². The van der Waals surface area contributed by atoms with Crippen molar-refractivity contribution >= 4 is 27.5 Å². The lowest BCUT2D eigenvalue weighted by molar-refractivity contribution is 0.102. The van der Waals surface area contributed by atoms with Crippen LogP contribution in [-0.2, 0) is 6.42 Å². The SMILES string of the molecule is CCc1ccc(NC(=O)c2cccc(Br)c2F)cc1. The van der Waals surface area contributed by atoms with E-state index < -0.39 is 11.7 Å². The molecule has 0 aliphatic heterocycles. The van der Waals surface area contributed by atoms with Crippen LogP contribution in [0.15, 0.2) is 46.9 Å². The van der Waals surface area contributed by atoms with Gasteiger partial charge in [-0.15, -0.1) is 0 Å². The molecule has 19 heavy (non-hydrogen) atoms. The molecule has 0 fully saturated rings. The standard InChI is InChI=1S/C15H13BrFNO/c1-2-10-6-8-11(9-7-10)18-15(19)12-4-3-5-13(16)14(12)17/h3-9H,2H2,1H3,(H,18,19). The highest BCUT2D eigenvalue weighted by Gasteiger charge is 2.13. The van der Waals surface area contributed by atoms with Crippen molar-refractivity contribution in [3.8, 4) is 0 Å². The highest BCUT2D eigenvalue weighted by molar-refractivity contribution is 9.10. The number of rotatable bonds is 3. The van der Waals surface area contributed by atoms with Gasteiger partial charge >= 0.3 is 0 Å². The van der Waals surface area contributed by atoms with Crippen LogP contribution in [0, 0.1) is 5.82 Å². The number of carbonyl (C=O) groups is 1. The number of halogens is 2. The van der Waals surface area contributed by atoms with Gasteiger partial charge in [-0.3, -0.25) is 4.79 Å². The molecule has 2 aromatic carbocycles. The average Bonchev–Trinajstić information content (AvgIpc) is 2.42. The predicted molar refractivity (Wildman–Crippen MR) is 77.9 cm³/mol. The molecule has 0 bridgehead atoms. The molecule has 2 rings (SSSR count). The van der Waals surface area contributed by atoms with Crippen LogP contribution in [0.4, 0.5) is 10.1 Å². The van der Waals surface area contributed by atoms with Crippen LogP contribution in [0.5, 0.6) is 0 Å². The molecule has 0 spiro atoms. The Kier molecular flexibility index (Phi) is 4.32. The zero-order chi connectivity index (χ0) is 13.8. The summed E-state index contributed by atoms with van der Waals surface area (Å²) < 4.78 is 14.0. The summed E-state index contributed by atoms with van der Waals surface area (Å²) in [6, 6.07) is 12.1. The number of aryl methyl sites for hydroxylation is 1. The van der Waals surface area contributed by atoms with E-state index in [1.54, 1.807) is 12.1 Å². The maximum atomic E-state index is 13.8. The zero-order valence-corrected chi connectivity index (χ0v) is 12.0. The Labute approximate surface area is 119 Å². The molecule has 2 aromatic rings. The summed E-state index contributed by atoms with van der Waals surface area (Å²) in [4.78, 5) is 12.0. The molecule has 1 N–H and O–H groups in total. The van der Waals surface area contributed by atoms with Crippen molar-refractivity contribution in [1.29, 1.82) is 0 Å². The van der Waals surface area contributed by atoms with Crippen molar-refractivity contribution in [3.63, 3.8) is 0 Å². The average molecular weight is 322 g/mol. The summed E-state index contributed by atoms with van der Waals surface area (Å²) in [6.07, 6.45) is 0.939. The number of hydrogen-bond donors (Lipinski definition) is 1. The minimum Gasteiger partial charge on any atom is -0.322 e. The van der Waals surface area contributed by atoms with Crippen molar-refractivity contribution in [2.75, 3.05) is 5.32 Å². The van der Waals surface area contributed by atoms with Gasteiger partial charge < -0.3 is 5.32 Å². The number of amides is 1. The van der Waals surface area contributed by atoms with Crippen LogP contribution < -0.4 is 5.32 Å². The van der Waals surface area contributed by atoms with E-state index in [0.717, 1.165) is 6.42 Å². The maximum Gasteiger partial charge on any atom is 0.258 e. The number of nitrogens with one attached hydrogen (secondary N) is 1. The summed E-state index contributed by atoms with van der Waals surface area (Å²) in [5.74, 6) is -1.01. The molecule has 0 radical (unpaired) electrons. The van der Waals surface area contributed by atoms with Gasteiger partial charge in [0.05, 0.1) is 10.0 Å². The van der Waals surface area contributed by atoms with Crippen molar-refractivity contribution in [1.82, 2.24) is 0 Å². The van der Waals surface area contributed by atoms with Gasteiger partial charge in [0.25, 0.3) is 5.91 Å². The Morgan fingerprint density at radius 3 is 2.53 bits per heavy atom. The third-order valence-corrected chi connectivity index (χ3v) is 3.43. The molecule has 98 valence electrons. The smallest absolute Gasteiger partial charge is 0.258 e. The predicted octanol–water partition coefficient (Wildman–Crippen LogP) is 4.40. The van der Waals surface area contributed by atoms with E-state index in [9.17, 15) is 9.18 Å². The lowest BCUT2D eigenvalue weighted by Gasteiger charge is -2.07. The summed E-state index contributed by atoms with van der Waals surface area (Å²) >= 11 is 3.06. The highest BCUT2D eigenvalue weighted by atomic mass is 79.9. The van der Waals surface area contributed by atoms with E-state index in [0.29, 0.717) is 5.69 Å². The molecule has 0 saturated carbocycles. The first-order valence-corrected chi connectivity index (χ1v) is 6.75. The Bertz CT molecular complexity index is 596. The van der Waals surface area contributed by atoms with E-state index in [1.807, 2.05) is 24.3 Å². The van der Waals surface area contributed by atoms with Gasteiger partial charge in [0, 0.05) is 5.69 Å². The monoisotopic (exact) mass is 321 g/mol. The Balaban J connectivity index is 2.18. The molecule has 0 unspecified atom stereocenters. The Morgan fingerprint density at radius 2 is 1.89 bits per heavy atom. The summed E-state index contributed by atoms with van der Waals surface area (Å²) in [5.41, 5.74) is 1.86.